The number of hydrogen-bond acceptors (Lipinski definition) is 4. The van der Waals surface area contributed by atoms with Crippen LogP contribution in [0.25, 0.3) is 0 Å². The highest BCUT2D eigenvalue weighted by Crippen LogP contribution is 2.21. The lowest BCUT2D eigenvalue weighted by molar-refractivity contribution is 0.726. The molecule has 1 aromatic heterocycles. The Morgan fingerprint density at radius 3 is 2.36 bits per heavy atom. The minimum atomic E-state index is 0.731. The Balaban J connectivity index is 1.81. The summed E-state index contributed by atoms with van der Waals surface area (Å²) in [5.74, 6) is 1.66. The summed E-state index contributed by atoms with van der Waals surface area (Å²) in [5.41, 5.74) is 1.95. The van der Waals surface area contributed by atoms with Crippen LogP contribution in [-0.4, -0.2) is 23.1 Å². The molecule has 4 nitrogen and oxygen atoms in total. The Bertz CT molecular complexity index is 619. The molecule has 0 bridgehead atoms. The fraction of sp³-hybridized carbons (Fsp3) is 0.412. The van der Waals surface area contributed by atoms with Gasteiger partial charge in [0.1, 0.15) is 5.82 Å². The van der Waals surface area contributed by atoms with Crippen molar-refractivity contribution in [1.82, 2.24) is 9.97 Å². The second kappa shape index (κ2) is 6.97. The predicted octanol–water partition coefficient (Wildman–Crippen LogP) is 4.56. The molecule has 1 fully saturated rings. The Kier molecular flexibility index (Phi) is 4.78. The molecule has 0 saturated carbocycles. The van der Waals surface area contributed by atoms with Crippen LogP contribution in [0.2, 0.25) is 5.02 Å². The van der Waals surface area contributed by atoms with Gasteiger partial charge in [-0.05, 0) is 44.0 Å². The minimum Gasteiger partial charge on any atom is -0.341 e. The van der Waals surface area contributed by atoms with E-state index in [1.807, 2.05) is 37.3 Å². The zero-order chi connectivity index (χ0) is 15.4. The van der Waals surface area contributed by atoms with E-state index < -0.39 is 0 Å². The molecule has 22 heavy (non-hydrogen) atoms. The summed E-state index contributed by atoms with van der Waals surface area (Å²) in [6, 6.07) is 9.61. The van der Waals surface area contributed by atoms with Crippen molar-refractivity contribution < 1.29 is 0 Å². The quantitative estimate of drug-likeness (QED) is 0.901. The molecular weight excluding hydrogens is 296 g/mol. The number of benzene rings is 1. The lowest BCUT2D eigenvalue weighted by Gasteiger charge is -2.21. The van der Waals surface area contributed by atoms with E-state index in [1.165, 1.54) is 25.7 Å². The minimum absolute atomic E-state index is 0.731. The number of nitrogens with zero attached hydrogens (tertiary/aromatic N) is 3. The van der Waals surface area contributed by atoms with Crippen LogP contribution in [0.15, 0.2) is 30.3 Å². The van der Waals surface area contributed by atoms with E-state index in [0.717, 1.165) is 41.3 Å². The summed E-state index contributed by atoms with van der Waals surface area (Å²) in [7, 11) is 0. The topological polar surface area (TPSA) is 41.1 Å². The molecule has 0 unspecified atom stereocenters. The van der Waals surface area contributed by atoms with E-state index >= 15 is 0 Å². The number of anilines is 3. The molecule has 116 valence electrons. The Hall–Kier alpha value is -1.81. The summed E-state index contributed by atoms with van der Waals surface area (Å²) in [6.07, 6.45) is 5.05. The molecule has 1 saturated heterocycles. The molecule has 2 heterocycles. The lowest BCUT2D eigenvalue weighted by atomic mass is 10.2. The van der Waals surface area contributed by atoms with Gasteiger partial charge in [-0.15, -0.1) is 0 Å². The molecule has 0 atom stereocenters. The van der Waals surface area contributed by atoms with E-state index in [0.29, 0.717) is 0 Å². The first-order valence-electron chi connectivity index (χ1n) is 7.84. The van der Waals surface area contributed by atoms with Gasteiger partial charge in [0.2, 0.25) is 5.95 Å². The van der Waals surface area contributed by atoms with E-state index in [2.05, 4.69) is 20.2 Å². The van der Waals surface area contributed by atoms with Crippen molar-refractivity contribution in [2.75, 3.05) is 23.3 Å². The Labute approximate surface area is 136 Å². The van der Waals surface area contributed by atoms with Crippen LogP contribution < -0.4 is 10.2 Å². The summed E-state index contributed by atoms with van der Waals surface area (Å²) < 4.78 is 0. The van der Waals surface area contributed by atoms with Gasteiger partial charge in [-0.3, -0.25) is 0 Å². The molecule has 1 aliphatic rings. The third kappa shape index (κ3) is 3.89. The van der Waals surface area contributed by atoms with Gasteiger partial charge in [-0.25, -0.2) is 4.98 Å². The first-order valence-corrected chi connectivity index (χ1v) is 8.22. The van der Waals surface area contributed by atoms with E-state index in [4.69, 9.17) is 11.6 Å². The van der Waals surface area contributed by atoms with E-state index in [9.17, 15) is 0 Å². The van der Waals surface area contributed by atoms with Crippen molar-refractivity contribution in [1.29, 1.82) is 0 Å². The molecule has 0 spiro atoms. The van der Waals surface area contributed by atoms with Crippen LogP contribution in [0.4, 0.5) is 17.5 Å². The molecular formula is C17H21ClN4. The molecule has 5 heteroatoms. The van der Waals surface area contributed by atoms with Gasteiger partial charge in [-0.1, -0.05) is 24.4 Å². The highest BCUT2D eigenvalue weighted by molar-refractivity contribution is 6.30. The number of rotatable bonds is 3. The largest absolute Gasteiger partial charge is 0.341 e. The zero-order valence-corrected chi connectivity index (χ0v) is 13.6. The maximum atomic E-state index is 5.92. The maximum absolute atomic E-state index is 5.92. The molecule has 0 radical (unpaired) electrons. The van der Waals surface area contributed by atoms with E-state index in [1.54, 1.807) is 0 Å². The molecule has 1 N–H and O–H groups in total. The fourth-order valence-corrected chi connectivity index (χ4v) is 2.84. The maximum Gasteiger partial charge on any atom is 0.227 e. The van der Waals surface area contributed by atoms with Gasteiger partial charge in [-0.2, -0.15) is 4.98 Å². The van der Waals surface area contributed by atoms with Crippen LogP contribution in [0.1, 0.15) is 31.4 Å². The third-order valence-electron chi connectivity index (χ3n) is 3.85. The number of nitrogens with one attached hydrogen (secondary N) is 1. The molecule has 0 amide bonds. The van der Waals surface area contributed by atoms with E-state index in [-0.39, 0.29) is 0 Å². The average Bonchev–Trinajstić information content (AvgIpc) is 2.78. The second-order valence-corrected chi connectivity index (χ2v) is 6.16. The predicted molar refractivity (Wildman–Crippen MR) is 92.2 cm³/mol. The zero-order valence-electron chi connectivity index (χ0n) is 12.8. The Morgan fingerprint density at radius 1 is 1.00 bits per heavy atom. The van der Waals surface area contributed by atoms with Crippen LogP contribution >= 0.6 is 11.6 Å². The van der Waals surface area contributed by atoms with Crippen molar-refractivity contribution in [2.24, 2.45) is 0 Å². The summed E-state index contributed by atoms with van der Waals surface area (Å²) >= 11 is 5.92. The molecule has 1 aromatic carbocycles. The van der Waals surface area contributed by atoms with Crippen LogP contribution in [0.3, 0.4) is 0 Å². The monoisotopic (exact) mass is 316 g/mol. The average molecular weight is 317 g/mol. The highest BCUT2D eigenvalue weighted by Gasteiger charge is 2.13. The van der Waals surface area contributed by atoms with Crippen LogP contribution in [0.5, 0.6) is 0 Å². The SMILES string of the molecule is Cc1cc(Nc2ccc(Cl)cc2)nc(N2CCCCCC2)n1. The van der Waals surface area contributed by atoms with Crippen molar-refractivity contribution in [3.63, 3.8) is 0 Å². The molecule has 3 rings (SSSR count). The number of aryl methyl sites for hydroxylation is 1. The first-order chi connectivity index (χ1) is 10.7. The summed E-state index contributed by atoms with van der Waals surface area (Å²) in [4.78, 5) is 11.6. The second-order valence-electron chi connectivity index (χ2n) is 5.73. The van der Waals surface area contributed by atoms with Gasteiger partial charge in [0, 0.05) is 35.6 Å². The van der Waals surface area contributed by atoms with Crippen LogP contribution in [0, 0.1) is 6.92 Å². The van der Waals surface area contributed by atoms with Gasteiger partial charge in [0.05, 0.1) is 0 Å². The third-order valence-corrected chi connectivity index (χ3v) is 4.10. The summed E-state index contributed by atoms with van der Waals surface area (Å²) in [6.45, 7) is 4.10. The first kappa shape index (κ1) is 15.1. The van der Waals surface area contributed by atoms with Crippen LogP contribution in [-0.2, 0) is 0 Å². The standard InChI is InChI=1S/C17H21ClN4/c1-13-12-16(20-15-8-6-14(18)7-9-15)21-17(19-13)22-10-4-2-3-5-11-22/h6-9,12H,2-5,10-11H2,1H3,(H,19,20,21). The van der Waals surface area contributed by atoms with Crippen molar-refractivity contribution in [3.8, 4) is 0 Å². The van der Waals surface area contributed by atoms with Crippen molar-refractivity contribution in [2.45, 2.75) is 32.6 Å². The number of hydrogen-bond donors (Lipinski definition) is 1. The van der Waals surface area contributed by atoms with Gasteiger partial charge < -0.3 is 10.2 Å². The van der Waals surface area contributed by atoms with Crippen molar-refractivity contribution >= 4 is 29.1 Å². The summed E-state index contributed by atoms with van der Waals surface area (Å²) in [5, 5.41) is 4.06. The molecule has 1 aliphatic heterocycles. The number of halogens is 1. The fourth-order valence-electron chi connectivity index (χ4n) is 2.71. The molecule has 0 aliphatic carbocycles. The van der Waals surface area contributed by atoms with Gasteiger partial charge in [0.25, 0.3) is 0 Å². The highest BCUT2D eigenvalue weighted by atomic mass is 35.5. The molecule has 2 aromatic rings. The normalized spacial score (nSPS) is 15.5. The van der Waals surface area contributed by atoms with Gasteiger partial charge >= 0.3 is 0 Å². The Morgan fingerprint density at radius 2 is 1.68 bits per heavy atom. The number of aromatic nitrogens is 2. The van der Waals surface area contributed by atoms with Gasteiger partial charge in [0.15, 0.2) is 0 Å². The van der Waals surface area contributed by atoms with Crippen molar-refractivity contribution in [3.05, 3.63) is 41.0 Å². The smallest absolute Gasteiger partial charge is 0.227 e. The lowest BCUT2D eigenvalue weighted by Crippen LogP contribution is -2.26.